The van der Waals surface area contributed by atoms with Gasteiger partial charge in [0.15, 0.2) is 0 Å². The minimum atomic E-state index is -0.213. The largest absolute Gasteiger partial charge is 0.224 e. The van der Waals surface area contributed by atoms with Crippen molar-refractivity contribution in [3.63, 3.8) is 0 Å². The molecule has 2 rings (SSSR count). The summed E-state index contributed by atoms with van der Waals surface area (Å²) in [5.74, 6) is -0.213. The molecule has 0 unspecified atom stereocenters. The summed E-state index contributed by atoms with van der Waals surface area (Å²) in [5.41, 5.74) is 2.40. The highest BCUT2D eigenvalue weighted by Gasteiger charge is 2.21. The smallest absolute Gasteiger partial charge is 0.133 e. The van der Waals surface area contributed by atoms with E-state index >= 15 is 0 Å². The maximum atomic E-state index is 13.4. The number of hydrogen-bond donors (Lipinski definition) is 1. The molecule has 0 heterocycles. The summed E-state index contributed by atoms with van der Waals surface area (Å²) in [6, 6.07) is 3.40. The van der Waals surface area contributed by atoms with Gasteiger partial charge in [0, 0.05) is 10.0 Å². The van der Waals surface area contributed by atoms with Gasteiger partial charge in [-0.05, 0) is 43.4 Å². The van der Waals surface area contributed by atoms with Crippen molar-refractivity contribution in [2.24, 2.45) is 4.40 Å². The summed E-state index contributed by atoms with van der Waals surface area (Å²) in [7, 11) is 0. The van der Waals surface area contributed by atoms with Crippen LogP contribution in [0.2, 0.25) is 0 Å². The highest BCUT2D eigenvalue weighted by molar-refractivity contribution is 9.10. The molecule has 0 aromatic heterocycles. The van der Waals surface area contributed by atoms with Crippen LogP contribution < -0.4 is 0 Å². The van der Waals surface area contributed by atoms with Crippen molar-refractivity contribution in [3.05, 3.63) is 33.5 Å². The van der Waals surface area contributed by atoms with Gasteiger partial charge in [-0.25, -0.2) is 8.79 Å². The molecule has 68 valence electrons. The SMILES string of the molecule is Fc1cc(Br)cc2c1/C(=N/S)CC2. The lowest BCUT2D eigenvalue weighted by Gasteiger charge is -2.01. The van der Waals surface area contributed by atoms with Crippen LogP contribution in [0, 0.1) is 5.82 Å². The van der Waals surface area contributed by atoms with Crippen molar-refractivity contribution >= 4 is 34.5 Å². The molecule has 1 aromatic rings. The van der Waals surface area contributed by atoms with E-state index in [4.69, 9.17) is 0 Å². The van der Waals surface area contributed by atoms with E-state index in [1.807, 2.05) is 6.07 Å². The molecular formula is C9H7BrFNS. The van der Waals surface area contributed by atoms with Gasteiger partial charge < -0.3 is 0 Å². The van der Waals surface area contributed by atoms with Crippen LogP contribution in [0.25, 0.3) is 0 Å². The molecule has 0 aliphatic heterocycles. The van der Waals surface area contributed by atoms with Crippen molar-refractivity contribution in [1.82, 2.24) is 0 Å². The molecule has 0 spiro atoms. The van der Waals surface area contributed by atoms with Gasteiger partial charge in [-0.3, -0.25) is 0 Å². The van der Waals surface area contributed by atoms with E-state index in [9.17, 15) is 4.39 Å². The van der Waals surface area contributed by atoms with Gasteiger partial charge in [0.2, 0.25) is 0 Å². The highest BCUT2D eigenvalue weighted by Crippen LogP contribution is 2.28. The average Bonchev–Trinajstić information content (AvgIpc) is 2.47. The van der Waals surface area contributed by atoms with E-state index in [0.717, 1.165) is 28.6 Å². The van der Waals surface area contributed by atoms with Crippen molar-refractivity contribution in [2.45, 2.75) is 12.8 Å². The van der Waals surface area contributed by atoms with Crippen LogP contribution in [0.4, 0.5) is 4.39 Å². The first-order valence-corrected chi connectivity index (χ1v) is 5.11. The van der Waals surface area contributed by atoms with Crippen LogP contribution in [0.1, 0.15) is 17.5 Å². The third-order valence-electron chi connectivity index (χ3n) is 2.18. The molecule has 0 amide bonds. The lowest BCUT2D eigenvalue weighted by Crippen LogP contribution is -1.97. The lowest BCUT2D eigenvalue weighted by molar-refractivity contribution is 0.624. The maximum absolute atomic E-state index is 13.4. The average molecular weight is 260 g/mol. The Labute approximate surface area is 89.7 Å². The Morgan fingerprint density at radius 3 is 2.85 bits per heavy atom. The molecule has 0 radical (unpaired) electrons. The third kappa shape index (κ3) is 1.53. The second kappa shape index (κ2) is 3.42. The molecule has 0 saturated carbocycles. The second-order valence-corrected chi connectivity index (χ2v) is 4.08. The number of nitrogens with zero attached hydrogens (tertiary/aromatic N) is 1. The molecule has 1 aromatic carbocycles. The molecule has 0 bridgehead atoms. The first-order valence-electron chi connectivity index (χ1n) is 3.91. The number of rotatable bonds is 0. The van der Waals surface area contributed by atoms with Crippen molar-refractivity contribution < 1.29 is 4.39 Å². The normalized spacial score (nSPS) is 17.9. The van der Waals surface area contributed by atoms with Crippen LogP contribution in [0.15, 0.2) is 21.0 Å². The van der Waals surface area contributed by atoms with Gasteiger partial charge in [-0.2, -0.15) is 0 Å². The number of fused-ring (bicyclic) bond motifs is 1. The standard InChI is InChI=1S/C9H7BrFNS/c10-6-3-5-1-2-8(12-13)9(5)7(11)4-6/h3-4,13H,1-2H2/b12-8+. The lowest BCUT2D eigenvalue weighted by atomic mass is 10.1. The second-order valence-electron chi connectivity index (χ2n) is 2.97. The van der Waals surface area contributed by atoms with E-state index in [0.29, 0.717) is 5.56 Å². The Morgan fingerprint density at radius 2 is 2.15 bits per heavy atom. The zero-order chi connectivity index (χ0) is 9.42. The Bertz CT molecular complexity index is 389. The fraction of sp³-hybridized carbons (Fsp3) is 0.222. The number of thiol groups is 1. The van der Waals surface area contributed by atoms with Crippen LogP contribution in [-0.2, 0) is 6.42 Å². The van der Waals surface area contributed by atoms with Gasteiger partial charge >= 0.3 is 0 Å². The van der Waals surface area contributed by atoms with Crippen LogP contribution >= 0.6 is 28.7 Å². The minimum absolute atomic E-state index is 0.213. The Kier molecular flexibility index (Phi) is 2.43. The van der Waals surface area contributed by atoms with Crippen LogP contribution in [-0.4, -0.2) is 5.71 Å². The Morgan fingerprint density at radius 1 is 1.38 bits per heavy atom. The quantitative estimate of drug-likeness (QED) is 0.688. The first-order chi connectivity index (χ1) is 6.22. The Hall–Kier alpha value is -0.350. The van der Waals surface area contributed by atoms with E-state index < -0.39 is 0 Å². The summed E-state index contributed by atoms with van der Waals surface area (Å²) in [4.78, 5) is 0. The minimum Gasteiger partial charge on any atom is -0.224 e. The summed E-state index contributed by atoms with van der Waals surface area (Å²) < 4.78 is 18.0. The molecule has 0 saturated heterocycles. The predicted molar refractivity (Wildman–Crippen MR) is 57.9 cm³/mol. The van der Waals surface area contributed by atoms with Crippen molar-refractivity contribution in [3.8, 4) is 0 Å². The maximum Gasteiger partial charge on any atom is 0.133 e. The van der Waals surface area contributed by atoms with E-state index in [-0.39, 0.29) is 5.82 Å². The number of aryl methyl sites for hydroxylation is 1. The summed E-state index contributed by atoms with van der Waals surface area (Å²) in [6.07, 6.45) is 1.64. The molecular weight excluding hydrogens is 253 g/mol. The summed E-state index contributed by atoms with van der Waals surface area (Å²) in [6.45, 7) is 0. The molecule has 0 atom stereocenters. The monoisotopic (exact) mass is 259 g/mol. The van der Waals surface area contributed by atoms with Gasteiger partial charge in [0.05, 0.1) is 5.71 Å². The van der Waals surface area contributed by atoms with Crippen LogP contribution in [0.3, 0.4) is 0 Å². The topological polar surface area (TPSA) is 12.4 Å². The van der Waals surface area contributed by atoms with Crippen molar-refractivity contribution in [2.75, 3.05) is 0 Å². The zero-order valence-electron chi connectivity index (χ0n) is 6.72. The molecule has 13 heavy (non-hydrogen) atoms. The fourth-order valence-corrected chi connectivity index (χ4v) is 2.30. The van der Waals surface area contributed by atoms with E-state index in [1.54, 1.807) is 0 Å². The molecule has 1 aliphatic rings. The molecule has 1 nitrogen and oxygen atoms in total. The fourth-order valence-electron chi connectivity index (χ4n) is 1.63. The van der Waals surface area contributed by atoms with Gasteiger partial charge in [0.1, 0.15) is 5.82 Å². The zero-order valence-corrected chi connectivity index (χ0v) is 9.20. The number of hydrogen-bond acceptors (Lipinski definition) is 2. The predicted octanol–water partition coefficient (Wildman–Crippen LogP) is 3.17. The Balaban J connectivity index is 2.65. The van der Waals surface area contributed by atoms with Gasteiger partial charge in [-0.15, -0.1) is 0 Å². The number of benzene rings is 1. The first kappa shape index (κ1) is 9.21. The molecule has 1 aliphatic carbocycles. The summed E-state index contributed by atoms with van der Waals surface area (Å²) >= 11 is 7.08. The van der Waals surface area contributed by atoms with Crippen molar-refractivity contribution in [1.29, 1.82) is 0 Å². The molecule has 0 fully saturated rings. The van der Waals surface area contributed by atoms with Crippen LogP contribution in [0.5, 0.6) is 0 Å². The number of halogens is 2. The van der Waals surface area contributed by atoms with Gasteiger partial charge in [0.25, 0.3) is 0 Å². The third-order valence-corrected chi connectivity index (χ3v) is 2.88. The van der Waals surface area contributed by atoms with E-state index in [2.05, 4.69) is 33.1 Å². The highest BCUT2D eigenvalue weighted by atomic mass is 79.9. The molecule has 4 heteroatoms. The summed E-state index contributed by atoms with van der Waals surface area (Å²) in [5, 5.41) is 0. The van der Waals surface area contributed by atoms with Gasteiger partial charge in [-0.1, -0.05) is 15.9 Å². The molecule has 0 N–H and O–H groups in total. The van der Waals surface area contributed by atoms with E-state index in [1.165, 1.54) is 6.07 Å².